The highest BCUT2D eigenvalue weighted by Gasteiger charge is 2.43. The molecule has 7 heteroatoms. The fourth-order valence-corrected chi connectivity index (χ4v) is 4.79. The molecule has 5 rings (SSSR count). The Kier molecular flexibility index (Phi) is 4.10. The molecule has 2 aromatic rings. The first-order valence-corrected chi connectivity index (χ1v) is 10.0. The second kappa shape index (κ2) is 6.65. The van der Waals surface area contributed by atoms with Gasteiger partial charge in [-0.3, -0.25) is 9.59 Å². The largest absolute Gasteiger partial charge is 0.493 e. The number of imidazole rings is 1. The van der Waals surface area contributed by atoms with Crippen LogP contribution in [-0.4, -0.2) is 52.0 Å². The van der Waals surface area contributed by atoms with Gasteiger partial charge in [-0.15, -0.1) is 0 Å². The third-order valence-electron chi connectivity index (χ3n) is 6.11. The number of amides is 2. The van der Waals surface area contributed by atoms with Crippen molar-refractivity contribution in [3.05, 3.63) is 35.7 Å². The van der Waals surface area contributed by atoms with E-state index < -0.39 is 0 Å². The third kappa shape index (κ3) is 2.68. The fourth-order valence-electron chi connectivity index (χ4n) is 4.79. The Morgan fingerprint density at radius 3 is 2.86 bits per heavy atom. The molecule has 0 unspecified atom stereocenters. The van der Waals surface area contributed by atoms with E-state index >= 15 is 0 Å². The van der Waals surface area contributed by atoms with Crippen LogP contribution in [0.2, 0.25) is 0 Å². The molecule has 0 bridgehead atoms. The minimum atomic E-state index is -0.382. The molecule has 3 heterocycles. The summed E-state index contributed by atoms with van der Waals surface area (Å²) in [6.45, 7) is 3.22. The Bertz CT molecular complexity index is 927. The normalized spacial score (nSPS) is 23.5. The lowest BCUT2D eigenvalue weighted by molar-refractivity contribution is -0.143. The number of piperazine rings is 1. The molecule has 1 aromatic heterocycles. The third-order valence-corrected chi connectivity index (χ3v) is 6.11. The lowest BCUT2D eigenvalue weighted by atomic mass is 10.0. The molecule has 0 spiro atoms. The first-order valence-electron chi connectivity index (χ1n) is 10.0. The van der Waals surface area contributed by atoms with Crippen LogP contribution in [0.5, 0.6) is 5.75 Å². The van der Waals surface area contributed by atoms with Crippen LogP contribution in [-0.2, 0) is 22.4 Å². The molecule has 2 fully saturated rings. The number of carbonyl (C=O) groups excluding carboxylic acids is 2. The van der Waals surface area contributed by atoms with E-state index in [2.05, 4.69) is 27.0 Å². The Labute approximate surface area is 163 Å². The molecule has 1 aliphatic carbocycles. The number of carbonyl (C=O) groups is 2. The average Bonchev–Trinajstić information content (AvgIpc) is 3.42. The number of nitrogens with zero attached hydrogens (tertiary/aromatic N) is 3. The van der Waals surface area contributed by atoms with Gasteiger partial charge in [-0.1, -0.05) is 0 Å². The van der Waals surface area contributed by atoms with Gasteiger partial charge in [0, 0.05) is 18.9 Å². The number of rotatable bonds is 4. The molecule has 1 aromatic carbocycles. The summed E-state index contributed by atoms with van der Waals surface area (Å²) < 4.78 is 8.06. The highest BCUT2D eigenvalue weighted by Crippen LogP contribution is 2.38. The maximum atomic E-state index is 12.2. The second-order valence-corrected chi connectivity index (χ2v) is 7.73. The molecule has 2 saturated heterocycles. The Morgan fingerprint density at radius 1 is 1.25 bits per heavy atom. The molecule has 146 valence electrons. The number of hydrogen-bond donors (Lipinski definition) is 1. The van der Waals surface area contributed by atoms with Crippen LogP contribution >= 0.6 is 0 Å². The SMILES string of the molecule is CCOc1cc2c(cc1-c1nccn1[C@H]1C[C@H]3C(=O)NCC(=O)N3C1)CCC2. The molecule has 2 atom stereocenters. The summed E-state index contributed by atoms with van der Waals surface area (Å²) in [5, 5.41) is 2.69. The maximum absolute atomic E-state index is 12.2. The highest BCUT2D eigenvalue weighted by molar-refractivity contribution is 5.95. The van der Waals surface area contributed by atoms with Gasteiger partial charge in [0.05, 0.1) is 24.8 Å². The van der Waals surface area contributed by atoms with Crippen LogP contribution in [0.1, 0.15) is 36.9 Å². The van der Waals surface area contributed by atoms with Crippen molar-refractivity contribution >= 4 is 11.8 Å². The van der Waals surface area contributed by atoms with Crippen molar-refractivity contribution in [3.63, 3.8) is 0 Å². The van der Waals surface area contributed by atoms with Gasteiger partial charge in [0.1, 0.15) is 17.6 Å². The van der Waals surface area contributed by atoms with Crippen molar-refractivity contribution in [1.29, 1.82) is 0 Å². The zero-order valence-electron chi connectivity index (χ0n) is 16.0. The lowest BCUT2D eigenvalue weighted by Gasteiger charge is -2.28. The topological polar surface area (TPSA) is 76.5 Å². The van der Waals surface area contributed by atoms with Crippen molar-refractivity contribution in [3.8, 4) is 17.1 Å². The van der Waals surface area contributed by atoms with Crippen LogP contribution in [0.4, 0.5) is 0 Å². The van der Waals surface area contributed by atoms with E-state index in [1.54, 1.807) is 11.1 Å². The van der Waals surface area contributed by atoms with E-state index in [4.69, 9.17) is 4.74 Å². The summed E-state index contributed by atoms with van der Waals surface area (Å²) in [6, 6.07) is 4.02. The molecule has 28 heavy (non-hydrogen) atoms. The number of fused-ring (bicyclic) bond motifs is 2. The molecule has 3 aliphatic rings. The summed E-state index contributed by atoms with van der Waals surface area (Å²) in [4.78, 5) is 30.8. The summed E-state index contributed by atoms with van der Waals surface area (Å²) in [5.41, 5.74) is 3.73. The first-order chi connectivity index (χ1) is 13.7. The van der Waals surface area contributed by atoms with E-state index in [1.807, 2.05) is 13.1 Å². The first kappa shape index (κ1) is 17.3. The van der Waals surface area contributed by atoms with Crippen LogP contribution < -0.4 is 10.1 Å². The monoisotopic (exact) mass is 380 g/mol. The molecule has 7 nitrogen and oxygen atoms in total. The number of hydrogen-bond acceptors (Lipinski definition) is 4. The fraction of sp³-hybridized carbons (Fsp3) is 0.476. The number of benzene rings is 1. The van der Waals surface area contributed by atoms with Crippen molar-refractivity contribution in [2.45, 2.75) is 44.7 Å². The lowest BCUT2D eigenvalue weighted by Crippen LogP contribution is -2.55. The van der Waals surface area contributed by atoms with Gasteiger partial charge in [-0.25, -0.2) is 4.98 Å². The Hall–Kier alpha value is -2.83. The summed E-state index contributed by atoms with van der Waals surface area (Å²) in [6.07, 6.45) is 7.70. The summed E-state index contributed by atoms with van der Waals surface area (Å²) >= 11 is 0. The molecule has 2 amide bonds. The van der Waals surface area contributed by atoms with Gasteiger partial charge in [-0.05, 0) is 55.9 Å². The molecule has 0 saturated carbocycles. The highest BCUT2D eigenvalue weighted by atomic mass is 16.5. The van der Waals surface area contributed by atoms with Crippen molar-refractivity contribution in [1.82, 2.24) is 19.8 Å². The van der Waals surface area contributed by atoms with E-state index in [0.29, 0.717) is 19.6 Å². The number of aromatic nitrogens is 2. The average molecular weight is 380 g/mol. The standard InChI is InChI=1S/C21H24N4O3/c1-2-28-18-9-14-5-3-4-13(14)8-16(18)20-22-6-7-24(20)15-10-17-21(27)23-11-19(26)25(17)12-15/h6-9,15,17H,2-5,10-12H2,1H3,(H,23,27)/t15-,17-/m0/s1. The van der Waals surface area contributed by atoms with Crippen LogP contribution in [0.3, 0.4) is 0 Å². The van der Waals surface area contributed by atoms with Crippen LogP contribution in [0.25, 0.3) is 11.4 Å². The van der Waals surface area contributed by atoms with Gasteiger partial charge in [0.15, 0.2) is 0 Å². The van der Waals surface area contributed by atoms with Crippen molar-refractivity contribution in [2.24, 2.45) is 0 Å². The predicted octanol–water partition coefficient (Wildman–Crippen LogP) is 1.71. The van der Waals surface area contributed by atoms with Gasteiger partial charge >= 0.3 is 0 Å². The second-order valence-electron chi connectivity index (χ2n) is 7.73. The quantitative estimate of drug-likeness (QED) is 0.876. The molecular formula is C21H24N4O3. The van der Waals surface area contributed by atoms with Gasteiger partial charge in [0.25, 0.3) is 0 Å². The molecule has 2 aliphatic heterocycles. The van der Waals surface area contributed by atoms with E-state index in [0.717, 1.165) is 30.0 Å². The minimum absolute atomic E-state index is 0.0127. The van der Waals surface area contributed by atoms with Gasteiger partial charge < -0.3 is 19.5 Å². The van der Waals surface area contributed by atoms with Gasteiger partial charge in [-0.2, -0.15) is 0 Å². The molecular weight excluding hydrogens is 356 g/mol. The number of aryl methyl sites for hydroxylation is 2. The Morgan fingerprint density at radius 2 is 2.07 bits per heavy atom. The van der Waals surface area contributed by atoms with Gasteiger partial charge in [0.2, 0.25) is 11.8 Å². The molecule has 1 N–H and O–H groups in total. The van der Waals surface area contributed by atoms with Crippen molar-refractivity contribution < 1.29 is 14.3 Å². The maximum Gasteiger partial charge on any atom is 0.243 e. The van der Waals surface area contributed by atoms with E-state index in [1.165, 1.54) is 17.5 Å². The summed E-state index contributed by atoms with van der Waals surface area (Å²) in [5.74, 6) is 1.63. The zero-order valence-corrected chi connectivity index (χ0v) is 16.0. The predicted molar refractivity (Wildman–Crippen MR) is 103 cm³/mol. The minimum Gasteiger partial charge on any atom is -0.493 e. The van der Waals surface area contributed by atoms with E-state index in [-0.39, 0.29) is 30.4 Å². The summed E-state index contributed by atoms with van der Waals surface area (Å²) in [7, 11) is 0. The zero-order chi connectivity index (χ0) is 19.3. The Balaban J connectivity index is 1.52. The smallest absolute Gasteiger partial charge is 0.243 e. The van der Waals surface area contributed by atoms with Crippen LogP contribution in [0.15, 0.2) is 24.5 Å². The number of nitrogens with one attached hydrogen (secondary N) is 1. The van der Waals surface area contributed by atoms with Crippen LogP contribution in [0, 0.1) is 0 Å². The van der Waals surface area contributed by atoms with Crippen molar-refractivity contribution in [2.75, 3.05) is 19.7 Å². The molecule has 0 radical (unpaired) electrons. The van der Waals surface area contributed by atoms with E-state index in [9.17, 15) is 9.59 Å². The number of ether oxygens (including phenoxy) is 1.